The van der Waals surface area contributed by atoms with Gasteiger partial charge in [0.1, 0.15) is 11.9 Å². The van der Waals surface area contributed by atoms with Gasteiger partial charge in [0.15, 0.2) is 5.76 Å². The lowest BCUT2D eigenvalue weighted by molar-refractivity contribution is -0.115. The van der Waals surface area contributed by atoms with Crippen LogP contribution in [0, 0.1) is 0 Å². The lowest BCUT2D eigenvalue weighted by atomic mass is 10.1. The van der Waals surface area contributed by atoms with Crippen molar-refractivity contribution in [3.05, 3.63) is 41.7 Å². The Labute approximate surface area is 101 Å². The number of rotatable bonds is 3. The molecule has 1 fully saturated rings. The fourth-order valence-corrected chi connectivity index (χ4v) is 1.88. The predicted molar refractivity (Wildman–Crippen MR) is 64.8 cm³/mol. The van der Waals surface area contributed by atoms with Gasteiger partial charge in [-0.25, -0.2) is 0 Å². The van der Waals surface area contributed by atoms with E-state index in [9.17, 15) is 4.79 Å². The molecule has 0 saturated carbocycles. The molecule has 1 saturated heterocycles. The molecule has 3 heteroatoms. The van der Waals surface area contributed by atoms with Crippen molar-refractivity contribution >= 4 is 5.78 Å². The third-order valence-corrected chi connectivity index (χ3v) is 2.79. The number of allylic oxidation sites excluding steroid dienone is 2. The summed E-state index contributed by atoms with van der Waals surface area (Å²) in [7, 11) is 1.63. The number of hydrogen-bond donors (Lipinski definition) is 0. The fourth-order valence-electron chi connectivity index (χ4n) is 1.88. The summed E-state index contributed by atoms with van der Waals surface area (Å²) in [5, 5.41) is 0. The highest BCUT2D eigenvalue weighted by atomic mass is 16.5. The van der Waals surface area contributed by atoms with E-state index in [0.29, 0.717) is 12.2 Å². The van der Waals surface area contributed by atoms with Gasteiger partial charge in [-0.2, -0.15) is 0 Å². The van der Waals surface area contributed by atoms with Crippen LogP contribution in [0.2, 0.25) is 0 Å². The summed E-state index contributed by atoms with van der Waals surface area (Å²) in [6, 6.07) is 7.63. The van der Waals surface area contributed by atoms with Gasteiger partial charge in [-0.1, -0.05) is 19.1 Å². The van der Waals surface area contributed by atoms with Gasteiger partial charge >= 0.3 is 0 Å². The Bertz CT molecular complexity index is 431. The summed E-state index contributed by atoms with van der Waals surface area (Å²) >= 11 is 0. The molecule has 0 radical (unpaired) electrons. The predicted octanol–water partition coefficient (Wildman–Crippen LogP) is 3.02. The number of benzene rings is 1. The van der Waals surface area contributed by atoms with E-state index in [2.05, 4.69) is 0 Å². The first-order chi connectivity index (χ1) is 8.24. The second-order valence-electron chi connectivity index (χ2n) is 3.98. The van der Waals surface area contributed by atoms with Gasteiger partial charge in [0.05, 0.1) is 13.5 Å². The van der Waals surface area contributed by atoms with Gasteiger partial charge in [-0.15, -0.1) is 0 Å². The minimum Gasteiger partial charge on any atom is -0.497 e. The number of ketones is 1. The van der Waals surface area contributed by atoms with Crippen molar-refractivity contribution < 1.29 is 14.3 Å². The quantitative estimate of drug-likeness (QED) is 0.751. The zero-order chi connectivity index (χ0) is 12.3. The van der Waals surface area contributed by atoms with Crippen LogP contribution in [0.1, 0.15) is 31.4 Å². The first kappa shape index (κ1) is 11.7. The maximum absolute atomic E-state index is 11.7. The highest BCUT2D eigenvalue weighted by Gasteiger charge is 2.29. The van der Waals surface area contributed by atoms with Crippen LogP contribution >= 0.6 is 0 Å². The second kappa shape index (κ2) is 5.04. The zero-order valence-electron chi connectivity index (χ0n) is 10.1. The molecule has 2 rings (SSSR count). The van der Waals surface area contributed by atoms with E-state index in [1.54, 1.807) is 7.11 Å². The van der Waals surface area contributed by atoms with Crippen LogP contribution in [0.15, 0.2) is 36.1 Å². The van der Waals surface area contributed by atoms with E-state index in [0.717, 1.165) is 17.7 Å². The van der Waals surface area contributed by atoms with Gasteiger partial charge in [0.25, 0.3) is 0 Å². The Balaban J connectivity index is 2.14. The van der Waals surface area contributed by atoms with Crippen molar-refractivity contribution in [1.29, 1.82) is 0 Å². The lowest BCUT2D eigenvalue weighted by Crippen LogP contribution is -1.95. The highest BCUT2D eigenvalue weighted by molar-refractivity contribution is 5.95. The molecule has 1 heterocycles. The Kier molecular flexibility index (Phi) is 3.47. The van der Waals surface area contributed by atoms with Crippen molar-refractivity contribution in [3.63, 3.8) is 0 Å². The molecule has 0 aromatic heterocycles. The molecule has 0 amide bonds. The number of Topliss-reactive ketones (excluding diaryl/α,β-unsaturated/α-hetero) is 1. The molecule has 17 heavy (non-hydrogen) atoms. The molecular weight excluding hydrogens is 216 g/mol. The monoisotopic (exact) mass is 232 g/mol. The molecule has 0 bridgehead atoms. The first-order valence-electron chi connectivity index (χ1n) is 5.78. The molecule has 1 aromatic rings. The Morgan fingerprint density at radius 2 is 2.12 bits per heavy atom. The van der Waals surface area contributed by atoms with Gasteiger partial charge in [0.2, 0.25) is 5.78 Å². The molecule has 0 spiro atoms. The summed E-state index contributed by atoms with van der Waals surface area (Å²) < 4.78 is 10.7. The molecule has 0 unspecified atom stereocenters. The number of hydrogen-bond acceptors (Lipinski definition) is 3. The van der Waals surface area contributed by atoms with E-state index < -0.39 is 0 Å². The minimum atomic E-state index is -0.147. The summed E-state index contributed by atoms with van der Waals surface area (Å²) in [6.07, 6.45) is 2.94. The SMILES string of the molecule is CC/C=C1/O[C@@H](c2ccc(OC)cc2)CC1=O. The molecule has 1 atom stereocenters. The molecule has 1 aliphatic heterocycles. The smallest absolute Gasteiger partial charge is 0.201 e. The van der Waals surface area contributed by atoms with Gasteiger partial charge < -0.3 is 9.47 Å². The van der Waals surface area contributed by atoms with Crippen LogP contribution < -0.4 is 4.74 Å². The molecule has 0 N–H and O–H groups in total. The van der Waals surface area contributed by atoms with E-state index in [4.69, 9.17) is 9.47 Å². The zero-order valence-corrected chi connectivity index (χ0v) is 10.1. The largest absolute Gasteiger partial charge is 0.497 e. The normalized spacial score (nSPS) is 21.6. The highest BCUT2D eigenvalue weighted by Crippen LogP contribution is 2.33. The molecule has 90 valence electrons. The van der Waals surface area contributed by atoms with Gasteiger partial charge in [-0.3, -0.25) is 4.79 Å². The molecular formula is C14H16O3. The Hall–Kier alpha value is -1.77. The number of carbonyl (C=O) groups excluding carboxylic acids is 1. The number of methoxy groups -OCH3 is 1. The van der Waals surface area contributed by atoms with Crippen molar-refractivity contribution in [2.24, 2.45) is 0 Å². The summed E-state index contributed by atoms with van der Waals surface area (Å²) in [4.78, 5) is 11.7. The second-order valence-corrected chi connectivity index (χ2v) is 3.98. The Morgan fingerprint density at radius 1 is 1.41 bits per heavy atom. The van der Waals surface area contributed by atoms with Gasteiger partial charge in [-0.05, 0) is 30.2 Å². The van der Waals surface area contributed by atoms with Gasteiger partial charge in [0, 0.05) is 0 Å². The maximum Gasteiger partial charge on any atom is 0.201 e. The minimum absolute atomic E-state index is 0.0904. The average molecular weight is 232 g/mol. The van der Waals surface area contributed by atoms with Crippen LogP contribution in [0.3, 0.4) is 0 Å². The van der Waals surface area contributed by atoms with Crippen LogP contribution in [0.4, 0.5) is 0 Å². The van der Waals surface area contributed by atoms with Crippen LogP contribution in [0.5, 0.6) is 5.75 Å². The topological polar surface area (TPSA) is 35.5 Å². The Morgan fingerprint density at radius 3 is 2.71 bits per heavy atom. The summed E-state index contributed by atoms with van der Waals surface area (Å²) in [5.41, 5.74) is 1.01. The van der Waals surface area contributed by atoms with Crippen molar-refractivity contribution in [3.8, 4) is 5.75 Å². The van der Waals surface area contributed by atoms with E-state index >= 15 is 0 Å². The molecule has 1 aromatic carbocycles. The molecule has 3 nitrogen and oxygen atoms in total. The van der Waals surface area contributed by atoms with E-state index in [1.807, 2.05) is 37.3 Å². The van der Waals surface area contributed by atoms with Crippen molar-refractivity contribution in [2.75, 3.05) is 7.11 Å². The third kappa shape index (κ3) is 2.49. The van der Waals surface area contributed by atoms with E-state index in [1.165, 1.54) is 0 Å². The van der Waals surface area contributed by atoms with E-state index in [-0.39, 0.29) is 11.9 Å². The lowest BCUT2D eigenvalue weighted by Gasteiger charge is -2.10. The third-order valence-electron chi connectivity index (χ3n) is 2.79. The van der Waals surface area contributed by atoms with Crippen LogP contribution in [-0.4, -0.2) is 12.9 Å². The molecule has 0 aliphatic carbocycles. The molecule has 1 aliphatic rings. The number of carbonyl (C=O) groups is 1. The number of ether oxygens (including phenoxy) is 2. The first-order valence-corrected chi connectivity index (χ1v) is 5.78. The average Bonchev–Trinajstić information content (AvgIpc) is 2.72. The summed E-state index contributed by atoms with van der Waals surface area (Å²) in [5.74, 6) is 1.41. The van der Waals surface area contributed by atoms with Crippen LogP contribution in [0.25, 0.3) is 0 Å². The standard InChI is InChI=1S/C14H16O3/c1-3-4-13-12(15)9-14(17-13)10-5-7-11(16-2)8-6-10/h4-8,14H,3,9H2,1-2H3/b13-4+/t14-/m1/s1. The maximum atomic E-state index is 11.7. The van der Waals surface area contributed by atoms with Crippen molar-refractivity contribution in [2.45, 2.75) is 25.9 Å². The van der Waals surface area contributed by atoms with Crippen molar-refractivity contribution in [1.82, 2.24) is 0 Å². The fraction of sp³-hybridized carbons (Fsp3) is 0.357. The summed E-state index contributed by atoms with van der Waals surface area (Å²) in [6.45, 7) is 1.99. The van der Waals surface area contributed by atoms with Crippen LogP contribution in [-0.2, 0) is 9.53 Å².